The van der Waals surface area contributed by atoms with E-state index in [0.717, 1.165) is 12.8 Å². The lowest BCUT2D eigenvalue weighted by Crippen LogP contribution is -2.42. The fourth-order valence-electron chi connectivity index (χ4n) is 1.80. The average molecular weight is 268 g/mol. The van der Waals surface area contributed by atoms with Crippen molar-refractivity contribution in [2.24, 2.45) is 10.8 Å². The number of carboxylic acid groups (broad SMARTS) is 1. The Bertz CT molecular complexity index is 390. The maximum atomic E-state index is 12.1. The van der Waals surface area contributed by atoms with Gasteiger partial charge in [0, 0.05) is 19.0 Å². The van der Waals surface area contributed by atoms with Crippen molar-refractivity contribution in [3.63, 3.8) is 0 Å². The SMILES string of the molecule is C=NN(CC(=O)N(CC(=O)O)C1CC1)/C(=C/N)CC. The second-order valence-electron chi connectivity index (χ2n) is 4.36. The van der Waals surface area contributed by atoms with Gasteiger partial charge in [-0.25, -0.2) is 0 Å². The van der Waals surface area contributed by atoms with Gasteiger partial charge in [0.15, 0.2) is 0 Å². The molecule has 19 heavy (non-hydrogen) atoms. The van der Waals surface area contributed by atoms with Crippen LogP contribution >= 0.6 is 0 Å². The minimum absolute atomic E-state index is 0.0375. The van der Waals surface area contributed by atoms with E-state index in [0.29, 0.717) is 12.1 Å². The summed E-state index contributed by atoms with van der Waals surface area (Å²) in [5, 5.41) is 14.0. The van der Waals surface area contributed by atoms with Gasteiger partial charge in [-0.2, -0.15) is 5.10 Å². The van der Waals surface area contributed by atoms with Gasteiger partial charge in [-0.05, 0) is 19.3 Å². The molecule has 1 fully saturated rings. The number of aliphatic carboxylic acids is 1. The third-order valence-corrected chi connectivity index (χ3v) is 2.96. The molecule has 0 radical (unpaired) electrons. The van der Waals surface area contributed by atoms with Gasteiger partial charge < -0.3 is 15.7 Å². The number of hydrogen-bond acceptors (Lipinski definition) is 5. The molecule has 0 bridgehead atoms. The lowest BCUT2D eigenvalue weighted by Gasteiger charge is -2.25. The van der Waals surface area contributed by atoms with E-state index in [4.69, 9.17) is 10.8 Å². The van der Waals surface area contributed by atoms with Gasteiger partial charge in [0.2, 0.25) is 5.91 Å². The Kier molecular flexibility index (Phi) is 5.35. The van der Waals surface area contributed by atoms with Crippen molar-refractivity contribution in [2.45, 2.75) is 32.2 Å². The summed E-state index contributed by atoms with van der Waals surface area (Å²) in [6.07, 6.45) is 3.70. The minimum atomic E-state index is -1.01. The molecule has 0 saturated heterocycles. The first kappa shape index (κ1) is 15.0. The smallest absolute Gasteiger partial charge is 0.323 e. The molecule has 0 heterocycles. The molecule has 1 amide bonds. The molecule has 1 saturated carbocycles. The molecule has 3 N–H and O–H groups in total. The predicted octanol–water partition coefficient (Wildman–Crippen LogP) is 0.190. The first-order valence-corrected chi connectivity index (χ1v) is 6.19. The second-order valence-corrected chi connectivity index (χ2v) is 4.36. The number of hydrogen-bond donors (Lipinski definition) is 2. The summed E-state index contributed by atoms with van der Waals surface area (Å²) in [5.74, 6) is -1.28. The number of carbonyl (C=O) groups is 2. The normalized spacial score (nSPS) is 14.9. The maximum absolute atomic E-state index is 12.1. The quantitative estimate of drug-likeness (QED) is 0.483. The van der Waals surface area contributed by atoms with Crippen LogP contribution in [0.25, 0.3) is 0 Å². The monoisotopic (exact) mass is 268 g/mol. The molecule has 0 aliphatic heterocycles. The van der Waals surface area contributed by atoms with Crippen LogP contribution in [0.15, 0.2) is 17.0 Å². The van der Waals surface area contributed by atoms with Gasteiger partial charge in [-0.1, -0.05) is 6.92 Å². The van der Waals surface area contributed by atoms with Gasteiger partial charge in [0.25, 0.3) is 0 Å². The largest absolute Gasteiger partial charge is 0.480 e. The Balaban J connectivity index is 2.69. The molecule has 0 spiro atoms. The second kappa shape index (κ2) is 6.77. The molecule has 7 nitrogen and oxygen atoms in total. The third-order valence-electron chi connectivity index (χ3n) is 2.96. The Labute approximate surface area is 112 Å². The van der Waals surface area contributed by atoms with Gasteiger partial charge >= 0.3 is 5.97 Å². The van der Waals surface area contributed by atoms with E-state index in [1.807, 2.05) is 6.92 Å². The summed E-state index contributed by atoms with van der Waals surface area (Å²) < 4.78 is 0. The molecule has 106 valence electrons. The standard InChI is InChI=1S/C12H20N4O3/c1-3-9(6-13)16(14-2)7-11(17)15(8-12(18)19)10-4-5-10/h6,10H,2-5,7-8,13H2,1H3,(H,18,19)/b9-6+. The van der Waals surface area contributed by atoms with Crippen LogP contribution in [0.2, 0.25) is 0 Å². The molecular formula is C12H20N4O3. The topological polar surface area (TPSA) is 99.2 Å². The third kappa shape index (κ3) is 4.27. The van der Waals surface area contributed by atoms with Crippen molar-refractivity contribution in [1.29, 1.82) is 0 Å². The minimum Gasteiger partial charge on any atom is -0.480 e. The number of allylic oxidation sites excluding steroid dienone is 1. The number of carbonyl (C=O) groups excluding carboxylic acids is 1. The first-order valence-electron chi connectivity index (χ1n) is 6.19. The number of rotatable bonds is 8. The first-order chi connectivity index (χ1) is 9.03. The van der Waals surface area contributed by atoms with Crippen molar-refractivity contribution in [2.75, 3.05) is 13.1 Å². The van der Waals surface area contributed by atoms with Crippen molar-refractivity contribution in [1.82, 2.24) is 9.91 Å². The fourth-order valence-corrected chi connectivity index (χ4v) is 1.80. The van der Waals surface area contributed by atoms with E-state index < -0.39 is 5.97 Å². The number of nitrogens with two attached hydrogens (primary N) is 1. The highest BCUT2D eigenvalue weighted by Crippen LogP contribution is 2.27. The zero-order valence-corrected chi connectivity index (χ0v) is 11.1. The average Bonchev–Trinajstić information content (AvgIpc) is 3.19. The van der Waals surface area contributed by atoms with E-state index >= 15 is 0 Å². The van der Waals surface area contributed by atoms with Crippen molar-refractivity contribution >= 4 is 18.6 Å². The molecule has 1 aliphatic rings. The van der Waals surface area contributed by atoms with E-state index in [-0.39, 0.29) is 25.0 Å². The summed E-state index contributed by atoms with van der Waals surface area (Å²) in [6.45, 7) is 4.98. The maximum Gasteiger partial charge on any atom is 0.323 e. The number of hydrazone groups is 1. The van der Waals surface area contributed by atoms with Crippen LogP contribution in [-0.2, 0) is 9.59 Å². The van der Waals surface area contributed by atoms with Crippen molar-refractivity contribution in [3.8, 4) is 0 Å². The Hall–Kier alpha value is -2.05. The van der Waals surface area contributed by atoms with E-state index in [9.17, 15) is 9.59 Å². The summed E-state index contributed by atoms with van der Waals surface area (Å²) >= 11 is 0. The summed E-state index contributed by atoms with van der Waals surface area (Å²) in [4.78, 5) is 24.3. The number of nitrogens with zero attached hydrogens (tertiary/aromatic N) is 3. The summed E-state index contributed by atoms with van der Waals surface area (Å²) in [6, 6.07) is 0.0437. The van der Waals surface area contributed by atoms with Gasteiger partial charge in [-0.15, -0.1) is 0 Å². The van der Waals surface area contributed by atoms with Crippen LogP contribution in [0, 0.1) is 0 Å². The summed E-state index contributed by atoms with van der Waals surface area (Å²) in [7, 11) is 0. The van der Waals surface area contributed by atoms with E-state index in [1.54, 1.807) is 0 Å². The molecule has 1 rings (SSSR count). The van der Waals surface area contributed by atoms with Gasteiger partial charge in [-0.3, -0.25) is 14.6 Å². The molecule has 0 aromatic heterocycles. The molecule has 7 heteroatoms. The highest BCUT2D eigenvalue weighted by atomic mass is 16.4. The molecule has 1 aliphatic carbocycles. The molecule has 0 unspecified atom stereocenters. The molecule has 0 aromatic carbocycles. The zero-order valence-electron chi connectivity index (χ0n) is 11.1. The van der Waals surface area contributed by atoms with Crippen LogP contribution < -0.4 is 5.73 Å². The van der Waals surface area contributed by atoms with Crippen LogP contribution in [0.1, 0.15) is 26.2 Å². The van der Waals surface area contributed by atoms with Crippen molar-refractivity contribution < 1.29 is 14.7 Å². The van der Waals surface area contributed by atoms with Gasteiger partial charge in [0.05, 0.1) is 5.70 Å². The lowest BCUT2D eigenvalue weighted by atomic mass is 10.3. The Morgan fingerprint density at radius 3 is 2.47 bits per heavy atom. The molecular weight excluding hydrogens is 248 g/mol. The Morgan fingerprint density at radius 1 is 1.47 bits per heavy atom. The lowest BCUT2D eigenvalue weighted by molar-refractivity contribution is -0.145. The number of amides is 1. The highest BCUT2D eigenvalue weighted by Gasteiger charge is 2.34. The molecule has 0 atom stereocenters. The zero-order chi connectivity index (χ0) is 14.4. The number of carboxylic acids is 1. The molecule has 0 aromatic rings. The van der Waals surface area contributed by atoms with E-state index in [2.05, 4.69) is 11.8 Å². The predicted molar refractivity (Wildman–Crippen MR) is 71.2 cm³/mol. The van der Waals surface area contributed by atoms with E-state index in [1.165, 1.54) is 16.1 Å². The Morgan fingerprint density at radius 2 is 2.11 bits per heavy atom. The van der Waals surface area contributed by atoms with Crippen LogP contribution in [0.4, 0.5) is 0 Å². The van der Waals surface area contributed by atoms with Crippen LogP contribution in [0.3, 0.4) is 0 Å². The summed E-state index contributed by atoms with van der Waals surface area (Å²) in [5.41, 5.74) is 6.13. The van der Waals surface area contributed by atoms with Crippen molar-refractivity contribution in [3.05, 3.63) is 11.9 Å². The van der Waals surface area contributed by atoms with Crippen LogP contribution in [-0.4, -0.2) is 52.7 Å². The highest BCUT2D eigenvalue weighted by molar-refractivity contribution is 5.83. The van der Waals surface area contributed by atoms with Gasteiger partial charge in [0.1, 0.15) is 13.1 Å². The fraction of sp³-hybridized carbons (Fsp3) is 0.583. The van der Waals surface area contributed by atoms with Crippen LogP contribution in [0.5, 0.6) is 0 Å².